The molecule has 2 aliphatic heterocycles. The molecule has 104 valence electrons. The molecule has 1 saturated heterocycles. The van der Waals surface area contributed by atoms with E-state index in [1.165, 1.54) is 7.11 Å². The maximum absolute atomic E-state index is 12.0. The van der Waals surface area contributed by atoms with Crippen molar-refractivity contribution in [3.05, 3.63) is 47.5 Å². The summed E-state index contributed by atoms with van der Waals surface area (Å²) in [5.41, 5.74) is 1.02. The second-order valence-corrected chi connectivity index (χ2v) is 4.75. The molecule has 0 radical (unpaired) electrons. The van der Waals surface area contributed by atoms with E-state index in [2.05, 4.69) is 4.74 Å². The number of ether oxygens (including phenoxy) is 3. The standard InChI is InChI=1S/C15H14O5/c1-18-15(17)10-7-12-13(8-11(10)19-12)20-14(16)9-5-3-2-4-6-9/h2-7,11-13H,8H2,1H3/t11-,12-,13+/m1/s1. The number of carbonyl (C=O) groups excluding carboxylic acids is 2. The van der Waals surface area contributed by atoms with Crippen LogP contribution in [-0.4, -0.2) is 37.4 Å². The van der Waals surface area contributed by atoms with Crippen molar-refractivity contribution in [1.82, 2.24) is 0 Å². The first kappa shape index (κ1) is 12.9. The fourth-order valence-electron chi connectivity index (χ4n) is 2.52. The zero-order chi connectivity index (χ0) is 14.1. The number of hydrogen-bond acceptors (Lipinski definition) is 5. The summed E-state index contributed by atoms with van der Waals surface area (Å²) < 4.78 is 15.7. The molecule has 2 bridgehead atoms. The summed E-state index contributed by atoms with van der Waals surface area (Å²) in [5.74, 6) is -0.759. The van der Waals surface area contributed by atoms with Crippen LogP contribution in [0.15, 0.2) is 42.0 Å². The minimum Gasteiger partial charge on any atom is -0.466 e. The summed E-state index contributed by atoms with van der Waals surface area (Å²) in [6.07, 6.45) is 1.14. The molecular weight excluding hydrogens is 260 g/mol. The third-order valence-electron chi connectivity index (χ3n) is 3.51. The van der Waals surface area contributed by atoms with Crippen LogP contribution in [0.2, 0.25) is 0 Å². The van der Waals surface area contributed by atoms with Gasteiger partial charge in [0.15, 0.2) is 0 Å². The van der Waals surface area contributed by atoms with Crippen LogP contribution in [0.4, 0.5) is 0 Å². The third-order valence-corrected chi connectivity index (χ3v) is 3.51. The lowest BCUT2D eigenvalue weighted by Crippen LogP contribution is -2.28. The molecule has 5 nitrogen and oxygen atoms in total. The van der Waals surface area contributed by atoms with E-state index >= 15 is 0 Å². The van der Waals surface area contributed by atoms with Crippen molar-refractivity contribution in [2.45, 2.75) is 24.7 Å². The fraction of sp³-hybridized carbons (Fsp3) is 0.333. The predicted molar refractivity (Wildman–Crippen MR) is 69.0 cm³/mol. The Kier molecular flexibility index (Phi) is 3.28. The highest BCUT2D eigenvalue weighted by Gasteiger charge is 2.46. The van der Waals surface area contributed by atoms with Gasteiger partial charge < -0.3 is 14.2 Å². The van der Waals surface area contributed by atoms with E-state index < -0.39 is 0 Å². The highest BCUT2D eigenvalue weighted by Crippen LogP contribution is 2.36. The molecule has 2 heterocycles. The summed E-state index contributed by atoms with van der Waals surface area (Å²) in [6, 6.07) is 8.80. The first-order valence-electron chi connectivity index (χ1n) is 6.40. The van der Waals surface area contributed by atoms with Gasteiger partial charge in [0.2, 0.25) is 0 Å². The van der Waals surface area contributed by atoms with Crippen LogP contribution < -0.4 is 0 Å². The van der Waals surface area contributed by atoms with Crippen LogP contribution in [0, 0.1) is 0 Å². The highest BCUT2D eigenvalue weighted by atomic mass is 16.6. The molecule has 1 fully saturated rings. The monoisotopic (exact) mass is 274 g/mol. The van der Waals surface area contributed by atoms with Crippen molar-refractivity contribution in [3.8, 4) is 0 Å². The Morgan fingerprint density at radius 1 is 1.20 bits per heavy atom. The van der Waals surface area contributed by atoms with Crippen LogP contribution in [0.1, 0.15) is 16.8 Å². The molecule has 0 unspecified atom stereocenters. The van der Waals surface area contributed by atoms with Crippen molar-refractivity contribution < 1.29 is 23.8 Å². The van der Waals surface area contributed by atoms with Gasteiger partial charge in [-0.05, 0) is 18.2 Å². The lowest BCUT2D eigenvalue weighted by atomic mass is 9.97. The minimum absolute atomic E-state index is 0.332. The van der Waals surface area contributed by atoms with Crippen molar-refractivity contribution in [2.24, 2.45) is 0 Å². The highest BCUT2D eigenvalue weighted by molar-refractivity contribution is 5.91. The molecule has 0 N–H and O–H groups in total. The number of benzene rings is 1. The molecule has 0 aromatic heterocycles. The van der Waals surface area contributed by atoms with Crippen LogP contribution in [0.3, 0.4) is 0 Å². The predicted octanol–water partition coefficient (Wildman–Crippen LogP) is 1.48. The zero-order valence-electron chi connectivity index (χ0n) is 10.9. The normalized spacial score (nSPS) is 27.1. The maximum atomic E-state index is 12.0. The number of methoxy groups -OCH3 is 1. The van der Waals surface area contributed by atoms with Crippen LogP contribution in [0.5, 0.6) is 0 Å². The topological polar surface area (TPSA) is 61.8 Å². The van der Waals surface area contributed by atoms with Gasteiger partial charge in [-0.25, -0.2) is 9.59 Å². The first-order chi connectivity index (χ1) is 9.69. The van der Waals surface area contributed by atoms with Crippen molar-refractivity contribution in [3.63, 3.8) is 0 Å². The second-order valence-electron chi connectivity index (χ2n) is 4.75. The van der Waals surface area contributed by atoms with Crippen molar-refractivity contribution >= 4 is 11.9 Å². The molecule has 5 heteroatoms. The molecule has 0 amide bonds. The van der Waals surface area contributed by atoms with E-state index in [0.29, 0.717) is 17.6 Å². The van der Waals surface area contributed by atoms with Gasteiger partial charge in [0.1, 0.15) is 12.2 Å². The molecule has 1 aromatic carbocycles. The zero-order valence-corrected chi connectivity index (χ0v) is 10.9. The Morgan fingerprint density at radius 3 is 2.55 bits per heavy atom. The number of hydrogen-bond donors (Lipinski definition) is 0. The molecule has 2 aliphatic rings. The van der Waals surface area contributed by atoms with Gasteiger partial charge in [-0.3, -0.25) is 0 Å². The van der Waals surface area contributed by atoms with E-state index in [-0.39, 0.29) is 30.3 Å². The SMILES string of the molecule is COC(=O)C1=C[C@H]2O[C@@H]1C[C@@H]2OC(=O)c1ccccc1. The van der Waals surface area contributed by atoms with Crippen molar-refractivity contribution in [1.29, 1.82) is 0 Å². The van der Waals surface area contributed by atoms with E-state index in [0.717, 1.165) is 0 Å². The van der Waals surface area contributed by atoms with Gasteiger partial charge in [0.05, 0.1) is 24.4 Å². The second kappa shape index (κ2) is 5.09. The Hall–Kier alpha value is -2.14. The third kappa shape index (κ3) is 2.20. The van der Waals surface area contributed by atoms with E-state index in [1.54, 1.807) is 30.3 Å². The molecule has 1 aromatic rings. The Morgan fingerprint density at radius 2 is 1.95 bits per heavy atom. The van der Waals surface area contributed by atoms with E-state index in [9.17, 15) is 9.59 Å². The smallest absolute Gasteiger partial charge is 0.338 e. The van der Waals surface area contributed by atoms with Crippen LogP contribution in [-0.2, 0) is 19.0 Å². The molecule has 3 atom stereocenters. The van der Waals surface area contributed by atoms with Crippen LogP contribution >= 0.6 is 0 Å². The van der Waals surface area contributed by atoms with Gasteiger partial charge in [-0.2, -0.15) is 0 Å². The molecule has 20 heavy (non-hydrogen) atoms. The Balaban J connectivity index is 1.66. The largest absolute Gasteiger partial charge is 0.466 e. The van der Waals surface area contributed by atoms with Crippen molar-refractivity contribution in [2.75, 3.05) is 7.11 Å². The Bertz CT molecular complexity index is 563. The summed E-state index contributed by atoms with van der Waals surface area (Å²) in [7, 11) is 1.34. The average molecular weight is 274 g/mol. The molecule has 3 rings (SSSR count). The lowest BCUT2D eigenvalue weighted by Gasteiger charge is -2.18. The van der Waals surface area contributed by atoms with Crippen LogP contribution in [0.25, 0.3) is 0 Å². The minimum atomic E-state index is -0.384. The van der Waals surface area contributed by atoms with Gasteiger partial charge in [0.25, 0.3) is 0 Å². The summed E-state index contributed by atoms with van der Waals surface area (Å²) in [6.45, 7) is 0. The summed E-state index contributed by atoms with van der Waals surface area (Å²) in [4.78, 5) is 23.4. The van der Waals surface area contributed by atoms with E-state index in [1.807, 2.05) is 6.07 Å². The quantitative estimate of drug-likeness (QED) is 0.781. The Labute approximate surface area is 116 Å². The molecule has 0 aliphatic carbocycles. The number of esters is 2. The molecule has 0 spiro atoms. The average Bonchev–Trinajstić information content (AvgIpc) is 3.07. The number of rotatable bonds is 3. The molecule has 0 saturated carbocycles. The fourth-order valence-corrected chi connectivity index (χ4v) is 2.52. The number of fused-ring (bicyclic) bond motifs is 2. The van der Waals surface area contributed by atoms with Gasteiger partial charge >= 0.3 is 11.9 Å². The van der Waals surface area contributed by atoms with Gasteiger partial charge in [0, 0.05) is 6.42 Å². The first-order valence-corrected chi connectivity index (χ1v) is 6.40. The number of carbonyl (C=O) groups is 2. The van der Waals surface area contributed by atoms with Gasteiger partial charge in [-0.1, -0.05) is 18.2 Å². The van der Waals surface area contributed by atoms with E-state index in [4.69, 9.17) is 9.47 Å². The maximum Gasteiger partial charge on any atom is 0.338 e. The molecular formula is C15H14O5. The summed E-state index contributed by atoms with van der Waals surface area (Å²) >= 11 is 0. The summed E-state index contributed by atoms with van der Waals surface area (Å²) in [5, 5.41) is 0. The van der Waals surface area contributed by atoms with Gasteiger partial charge in [-0.15, -0.1) is 0 Å². The lowest BCUT2D eigenvalue weighted by molar-refractivity contribution is -0.137.